The van der Waals surface area contributed by atoms with Crippen LogP contribution in [0.5, 0.6) is 0 Å². The van der Waals surface area contributed by atoms with Crippen LogP contribution >= 0.6 is 0 Å². The molecule has 0 aromatic heterocycles. The van der Waals surface area contributed by atoms with Crippen molar-refractivity contribution in [3.05, 3.63) is 0 Å². The predicted octanol–water partition coefficient (Wildman–Crippen LogP) is -0.256. The summed E-state index contributed by atoms with van der Waals surface area (Å²) >= 11 is 0. The van der Waals surface area contributed by atoms with Gasteiger partial charge in [-0.25, -0.2) is 0 Å². The molecular formula is C8H15NO2. The van der Waals surface area contributed by atoms with E-state index in [1.165, 1.54) is 6.42 Å². The summed E-state index contributed by atoms with van der Waals surface area (Å²) in [4.78, 5) is 0. The number of aliphatic hydroxyl groups excluding tert-OH is 1. The Kier molecular flexibility index (Phi) is 1.87. The molecule has 0 radical (unpaired) electrons. The lowest BCUT2D eigenvalue weighted by atomic mass is 10.2. The summed E-state index contributed by atoms with van der Waals surface area (Å²) in [5.74, 6) is 0.794. The second-order valence-electron chi connectivity index (χ2n) is 3.70. The Morgan fingerprint density at radius 1 is 1.36 bits per heavy atom. The van der Waals surface area contributed by atoms with Crippen LogP contribution in [0.2, 0.25) is 0 Å². The predicted molar refractivity (Wildman–Crippen MR) is 41.3 cm³/mol. The summed E-state index contributed by atoms with van der Waals surface area (Å²) in [7, 11) is 0. The fraction of sp³-hybridized carbons (Fsp3) is 1.00. The van der Waals surface area contributed by atoms with Crippen molar-refractivity contribution < 1.29 is 9.84 Å². The van der Waals surface area contributed by atoms with Crippen LogP contribution in [0.3, 0.4) is 0 Å². The van der Waals surface area contributed by atoms with Gasteiger partial charge in [0.25, 0.3) is 0 Å². The molecule has 11 heavy (non-hydrogen) atoms. The Balaban J connectivity index is 1.77. The minimum atomic E-state index is -0.289. The van der Waals surface area contributed by atoms with Crippen LogP contribution in [0.15, 0.2) is 0 Å². The molecule has 2 aliphatic rings. The minimum Gasteiger partial charge on any atom is -0.389 e. The van der Waals surface area contributed by atoms with Crippen molar-refractivity contribution in [2.45, 2.75) is 31.5 Å². The maximum Gasteiger partial charge on any atom is 0.0948 e. The van der Waals surface area contributed by atoms with E-state index in [0.717, 1.165) is 5.92 Å². The summed E-state index contributed by atoms with van der Waals surface area (Å²) in [5.41, 5.74) is 0. The zero-order valence-electron chi connectivity index (χ0n) is 6.79. The summed E-state index contributed by atoms with van der Waals surface area (Å²) < 4.78 is 5.12. The molecule has 1 heterocycles. The molecule has 3 heteroatoms. The third kappa shape index (κ3) is 1.55. The highest BCUT2D eigenvalue weighted by molar-refractivity contribution is 4.94. The fourth-order valence-corrected chi connectivity index (χ4v) is 1.53. The third-order valence-electron chi connectivity index (χ3n) is 2.59. The monoisotopic (exact) mass is 157 g/mol. The Bertz CT molecular complexity index is 151. The van der Waals surface area contributed by atoms with Crippen LogP contribution in [0.25, 0.3) is 0 Å². The Morgan fingerprint density at radius 2 is 2.09 bits per heavy atom. The first kappa shape index (κ1) is 7.53. The molecule has 2 rings (SSSR count). The lowest BCUT2D eigenvalue weighted by Crippen LogP contribution is -2.40. The highest BCUT2D eigenvalue weighted by Crippen LogP contribution is 2.30. The molecule has 1 saturated heterocycles. The molecule has 2 N–H and O–H groups in total. The SMILES string of the molecule is CC1CC1NC1COCC1O. The first-order valence-electron chi connectivity index (χ1n) is 4.29. The second-order valence-corrected chi connectivity index (χ2v) is 3.70. The lowest BCUT2D eigenvalue weighted by molar-refractivity contribution is 0.122. The quantitative estimate of drug-likeness (QED) is 0.580. The van der Waals surface area contributed by atoms with Crippen LogP contribution < -0.4 is 5.32 Å². The van der Waals surface area contributed by atoms with Crippen molar-refractivity contribution in [1.29, 1.82) is 0 Å². The molecule has 3 nitrogen and oxygen atoms in total. The molecule has 0 spiro atoms. The number of ether oxygens (including phenoxy) is 1. The van der Waals surface area contributed by atoms with Gasteiger partial charge in [-0.15, -0.1) is 0 Å². The normalized spacial score (nSPS) is 49.6. The van der Waals surface area contributed by atoms with E-state index in [4.69, 9.17) is 4.74 Å². The van der Waals surface area contributed by atoms with E-state index >= 15 is 0 Å². The van der Waals surface area contributed by atoms with E-state index in [2.05, 4.69) is 12.2 Å². The van der Waals surface area contributed by atoms with E-state index in [1.807, 2.05) is 0 Å². The Morgan fingerprint density at radius 3 is 2.55 bits per heavy atom. The van der Waals surface area contributed by atoms with Crippen LogP contribution in [0, 0.1) is 5.92 Å². The molecule has 1 saturated carbocycles. The van der Waals surface area contributed by atoms with Gasteiger partial charge in [-0.2, -0.15) is 0 Å². The van der Waals surface area contributed by atoms with Gasteiger partial charge in [0.15, 0.2) is 0 Å². The summed E-state index contributed by atoms with van der Waals surface area (Å²) in [6, 6.07) is 0.821. The number of hydrogen-bond acceptors (Lipinski definition) is 3. The second kappa shape index (κ2) is 2.73. The van der Waals surface area contributed by atoms with Gasteiger partial charge in [0, 0.05) is 6.04 Å². The topological polar surface area (TPSA) is 41.5 Å². The summed E-state index contributed by atoms with van der Waals surface area (Å²) in [6.45, 7) is 3.39. The van der Waals surface area contributed by atoms with Crippen molar-refractivity contribution in [1.82, 2.24) is 5.32 Å². The Labute approximate surface area is 66.7 Å². The lowest BCUT2D eigenvalue weighted by Gasteiger charge is -2.13. The van der Waals surface area contributed by atoms with Gasteiger partial charge in [-0.05, 0) is 12.3 Å². The van der Waals surface area contributed by atoms with Crippen molar-refractivity contribution >= 4 is 0 Å². The number of nitrogens with one attached hydrogen (secondary N) is 1. The maximum atomic E-state index is 9.36. The third-order valence-corrected chi connectivity index (χ3v) is 2.59. The first-order valence-corrected chi connectivity index (χ1v) is 4.29. The highest BCUT2D eigenvalue weighted by Gasteiger charge is 2.37. The molecule has 0 bridgehead atoms. The average Bonchev–Trinajstić information content (AvgIpc) is 2.48. The number of aliphatic hydroxyl groups is 1. The largest absolute Gasteiger partial charge is 0.389 e. The Hall–Kier alpha value is -0.120. The van der Waals surface area contributed by atoms with Crippen molar-refractivity contribution in [3.8, 4) is 0 Å². The fourth-order valence-electron chi connectivity index (χ4n) is 1.53. The zero-order chi connectivity index (χ0) is 7.84. The number of rotatable bonds is 2. The number of hydrogen-bond donors (Lipinski definition) is 2. The maximum absolute atomic E-state index is 9.36. The van der Waals surface area contributed by atoms with Gasteiger partial charge >= 0.3 is 0 Å². The van der Waals surface area contributed by atoms with Gasteiger partial charge < -0.3 is 15.2 Å². The van der Waals surface area contributed by atoms with E-state index < -0.39 is 0 Å². The van der Waals surface area contributed by atoms with Gasteiger partial charge in [-0.3, -0.25) is 0 Å². The van der Waals surface area contributed by atoms with Crippen LogP contribution in [0.4, 0.5) is 0 Å². The standard InChI is InChI=1S/C8H15NO2/c1-5-2-6(5)9-7-3-11-4-8(7)10/h5-10H,2-4H2,1H3. The van der Waals surface area contributed by atoms with Crippen LogP contribution in [-0.4, -0.2) is 36.5 Å². The molecule has 0 amide bonds. The molecule has 0 aromatic carbocycles. The highest BCUT2D eigenvalue weighted by atomic mass is 16.5. The van der Waals surface area contributed by atoms with E-state index in [1.54, 1.807) is 0 Å². The van der Waals surface area contributed by atoms with Gasteiger partial charge in [0.1, 0.15) is 0 Å². The molecule has 4 unspecified atom stereocenters. The molecule has 0 aromatic rings. The first-order chi connectivity index (χ1) is 5.27. The van der Waals surface area contributed by atoms with Crippen molar-refractivity contribution in [2.24, 2.45) is 5.92 Å². The van der Waals surface area contributed by atoms with Crippen LogP contribution in [-0.2, 0) is 4.74 Å². The van der Waals surface area contributed by atoms with E-state index in [9.17, 15) is 5.11 Å². The van der Waals surface area contributed by atoms with Gasteiger partial charge in [-0.1, -0.05) is 6.92 Å². The van der Waals surface area contributed by atoms with Gasteiger partial charge in [0.2, 0.25) is 0 Å². The van der Waals surface area contributed by atoms with Crippen LogP contribution in [0.1, 0.15) is 13.3 Å². The van der Waals surface area contributed by atoms with E-state index in [0.29, 0.717) is 19.3 Å². The molecular weight excluding hydrogens is 142 g/mol. The average molecular weight is 157 g/mol. The van der Waals surface area contributed by atoms with Crippen molar-refractivity contribution in [2.75, 3.05) is 13.2 Å². The summed E-state index contributed by atoms with van der Waals surface area (Å²) in [5, 5.41) is 12.7. The zero-order valence-corrected chi connectivity index (χ0v) is 6.79. The molecule has 64 valence electrons. The molecule has 1 aliphatic carbocycles. The van der Waals surface area contributed by atoms with E-state index in [-0.39, 0.29) is 12.1 Å². The molecule has 2 fully saturated rings. The molecule has 1 aliphatic heterocycles. The summed E-state index contributed by atoms with van der Waals surface area (Å²) in [6.07, 6.45) is 0.964. The molecule has 4 atom stereocenters. The van der Waals surface area contributed by atoms with Crippen molar-refractivity contribution in [3.63, 3.8) is 0 Å². The smallest absolute Gasteiger partial charge is 0.0948 e. The minimum absolute atomic E-state index is 0.185. The van der Waals surface area contributed by atoms with Gasteiger partial charge in [0.05, 0.1) is 25.4 Å².